The van der Waals surface area contributed by atoms with Gasteiger partial charge in [0.05, 0.1) is 12.8 Å². The number of benzene rings is 1. The zero-order chi connectivity index (χ0) is 27.4. The number of methoxy groups -OCH3 is 1. The van der Waals surface area contributed by atoms with Crippen LogP contribution in [0.3, 0.4) is 0 Å². The van der Waals surface area contributed by atoms with Crippen LogP contribution in [0.1, 0.15) is 69.8 Å². The molecule has 1 spiro atoms. The molecule has 4 aliphatic rings. The maximum Gasteiger partial charge on any atom is 0.414 e. The molecule has 0 bridgehead atoms. The minimum absolute atomic E-state index is 0.181. The van der Waals surface area contributed by atoms with E-state index >= 15 is 0 Å². The second-order valence-electron chi connectivity index (χ2n) is 11.7. The Morgan fingerprint density at radius 2 is 1.87 bits per heavy atom. The normalized spacial score (nSPS) is 22.7. The molecule has 2 N–H and O–H groups in total. The van der Waals surface area contributed by atoms with E-state index in [-0.39, 0.29) is 17.6 Å². The smallest absolute Gasteiger partial charge is 0.414 e. The number of carbonyl (C=O) groups is 4. The molecule has 2 aliphatic heterocycles. The van der Waals surface area contributed by atoms with Crippen LogP contribution in [0.5, 0.6) is 0 Å². The summed E-state index contributed by atoms with van der Waals surface area (Å²) in [4.78, 5) is 61.3. The number of piperidine rings is 1. The Hall–Kier alpha value is -4.34. The first kappa shape index (κ1) is 23.8. The topological polar surface area (TPSA) is 125 Å². The number of nitrogens with zero attached hydrogens (tertiary/aromatic N) is 2. The largest absolute Gasteiger partial charge is 0.464 e. The third-order valence-electron chi connectivity index (χ3n) is 8.33. The number of carbonyl (C=O) groups excluding carboxylic acids is 4. The van der Waals surface area contributed by atoms with Crippen molar-refractivity contribution in [3.63, 3.8) is 0 Å². The van der Waals surface area contributed by atoms with Crippen LogP contribution in [0.2, 0.25) is 0 Å². The Labute approximate surface area is 223 Å². The van der Waals surface area contributed by atoms with E-state index in [0.29, 0.717) is 42.3 Å². The van der Waals surface area contributed by atoms with Crippen LogP contribution in [0, 0.1) is 5.92 Å². The van der Waals surface area contributed by atoms with Gasteiger partial charge in [0.25, 0.3) is 5.91 Å². The number of fused-ring (bicyclic) bond motifs is 4. The van der Waals surface area contributed by atoms with Crippen LogP contribution < -0.4 is 4.90 Å². The molecule has 10 heteroatoms. The lowest BCUT2D eigenvalue weighted by Gasteiger charge is -2.30. The van der Waals surface area contributed by atoms with Crippen LogP contribution in [-0.4, -0.2) is 64.4 Å². The summed E-state index contributed by atoms with van der Waals surface area (Å²) in [5, 5.41) is 0.880. The number of hydrogen-bond donors (Lipinski definition) is 2. The summed E-state index contributed by atoms with van der Waals surface area (Å²) in [6, 6.07) is 7.28. The highest BCUT2D eigenvalue weighted by Gasteiger charge is 2.68. The molecule has 7 rings (SSSR count). The van der Waals surface area contributed by atoms with Gasteiger partial charge in [-0.15, -0.1) is 0 Å². The van der Waals surface area contributed by atoms with E-state index in [0.717, 1.165) is 34.1 Å². The van der Waals surface area contributed by atoms with E-state index in [1.54, 1.807) is 21.9 Å². The Kier molecular flexibility index (Phi) is 4.64. The Morgan fingerprint density at radius 1 is 1.08 bits per heavy atom. The summed E-state index contributed by atoms with van der Waals surface area (Å²) in [5.41, 5.74) is 4.04. The Balaban J connectivity index is 1.20. The lowest BCUT2D eigenvalue weighted by Crippen LogP contribution is -2.37. The molecule has 0 radical (unpaired) electrons. The quantitative estimate of drug-likeness (QED) is 0.483. The van der Waals surface area contributed by atoms with Crippen molar-refractivity contribution in [3.8, 4) is 0 Å². The van der Waals surface area contributed by atoms with E-state index in [1.165, 1.54) is 13.2 Å². The fourth-order valence-corrected chi connectivity index (χ4v) is 6.59. The van der Waals surface area contributed by atoms with Gasteiger partial charge in [-0.3, -0.25) is 14.5 Å². The van der Waals surface area contributed by atoms with Crippen LogP contribution in [0.4, 0.5) is 10.5 Å². The van der Waals surface area contributed by atoms with Crippen molar-refractivity contribution in [1.82, 2.24) is 14.9 Å². The number of rotatable bonds is 2. The predicted octanol–water partition coefficient (Wildman–Crippen LogP) is 4.07. The molecule has 2 amide bonds. The van der Waals surface area contributed by atoms with Crippen LogP contribution >= 0.6 is 0 Å². The zero-order valence-corrected chi connectivity index (χ0v) is 22.1. The van der Waals surface area contributed by atoms with Gasteiger partial charge in [-0.1, -0.05) is 0 Å². The van der Waals surface area contributed by atoms with E-state index < -0.39 is 23.1 Å². The lowest BCUT2D eigenvalue weighted by molar-refractivity contribution is 0.0321. The van der Waals surface area contributed by atoms with Crippen molar-refractivity contribution in [2.75, 3.05) is 25.1 Å². The number of aromatic amines is 2. The number of allylic oxidation sites excluding steroid dienone is 2. The molecule has 1 aromatic carbocycles. The molecule has 2 atom stereocenters. The van der Waals surface area contributed by atoms with Crippen molar-refractivity contribution >= 4 is 40.3 Å². The van der Waals surface area contributed by atoms with Gasteiger partial charge in [0.15, 0.2) is 0 Å². The summed E-state index contributed by atoms with van der Waals surface area (Å²) in [6.45, 7) is 6.41. The van der Waals surface area contributed by atoms with Crippen molar-refractivity contribution in [1.29, 1.82) is 0 Å². The van der Waals surface area contributed by atoms with E-state index in [9.17, 15) is 19.2 Å². The molecule has 2 aliphatic carbocycles. The predicted molar refractivity (Wildman–Crippen MR) is 141 cm³/mol. The fraction of sp³-hybridized carbons (Fsp3) is 0.379. The first-order chi connectivity index (χ1) is 18.5. The number of esters is 1. The van der Waals surface area contributed by atoms with Gasteiger partial charge in [-0.25, -0.2) is 9.59 Å². The Bertz CT molecular complexity index is 1670. The summed E-state index contributed by atoms with van der Waals surface area (Å²) in [6.07, 6.45) is 2.53. The van der Waals surface area contributed by atoms with Gasteiger partial charge in [-0.05, 0) is 74.9 Å². The number of amides is 2. The van der Waals surface area contributed by atoms with Crippen LogP contribution in [0.25, 0.3) is 10.9 Å². The number of ketones is 1. The average molecular weight is 529 g/mol. The van der Waals surface area contributed by atoms with Gasteiger partial charge < -0.3 is 24.3 Å². The third-order valence-corrected chi connectivity index (χ3v) is 8.33. The molecule has 2 aromatic heterocycles. The zero-order valence-electron chi connectivity index (χ0n) is 22.1. The molecular formula is C29H28N4O6. The second kappa shape index (κ2) is 7.62. The van der Waals surface area contributed by atoms with Crippen LogP contribution in [0.15, 0.2) is 36.0 Å². The van der Waals surface area contributed by atoms with Crippen molar-refractivity contribution in [3.05, 3.63) is 64.2 Å². The first-order valence-electron chi connectivity index (χ1n) is 13.1. The number of nitrogens with one attached hydrogen (secondary N) is 2. The highest BCUT2D eigenvalue weighted by atomic mass is 16.6. The van der Waals surface area contributed by atoms with E-state index in [2.05, 4.69) is 9.97 Å². The SMILES string of the molecule is COC(=O)c1cc2c3c(ccc2[nH]1)N(C(=O)c1cc2c([nH]1)C(=O)C=C1N(C(=O)OC(C)(C)C)C[C@@H]4C[C@@]124)CC3. The standard InChI is InChI=1S/C29H28N4O6/c1-28(2,3)39-27(37)33-13-14-12-29(14)17-10-19(31-24(17)22(34)11-23(29)33)25(35)32-8-7-15-16-9-20(26(36)38-4)30-18(16)5-6-21(15)32/h5-6,9-11,14,30-31H,7-8,12-13H2,1-4H3/t14-,29-/m0/s1. The molecule has 200 valence electrons. The number of ether oxygens (including phenoxy) is 2. The molecule has 1 saturated heterocycles. The van der Waals surface area contributed by atoms with Crippen LogP contribution in [-0.2, 0) is 21.3 Å². The molecule has 4 heterocycles. The summed E-state index contributed by atoms with van der Waals surface area (Å²) >= 11 is 0. The minimum atomic E-state index is -0.645. The molecule has 2 fully saturated rings. The van der Waals surface area contributed by atoms with Gasteiger partial charge in [0, 0.05) is 46.9 Å². The molecule has 3 aromatic rings. The minimum Gasteiger partial charge on any atom is -0.464 e. The second-order valence-corrected chi connectivity index (χ2v) is 11.7. The van der Waals surface area contributed by atoms with Gasteiger partial charge in [0.2, 0.25) is 5.78 Å². The number of anilines is 1. The molecular weight excluding hydrogens is 500 g/mol. The summed E-state index contributed by atoms with van der Waals surface area (Å²) in [5.74, 6) is -0.746. The van der Waals surface area contributed by atoms with Crippen molar-refractivity contribution < 1.29 is 28.7 Å². The fourth-order valence-electron chi connectivity index (χ4n) is 6.59. The highest BCUT2D eigenvalue weighted by Crippen LogP contribution is 2.66. The van der Waals surface area contributed by atoms with E-state index in [1.807, 2.05) is 32.9 Å². The van der Waals surface area contributed by atoms with Gasteiger partial charge in [-0.2, -0.15) is 0 Å². The van der Waals surface area contributed by atoms with Gasteiger partial charge >= 0.3 is 12.1 Å². The molecule has 1 saturated carbocycles. The number of hydrogen-bond acceptors (Lipinski definition) is 6. The monoisotopic (exact) mass is 528 g/mol. The molecule has 10 nitrogen and oxygen atoms in total. The Morgan fingerprint density at radius 3 is 2.62 bits per heavy atom. The summed E-state index contributed by atoms with van der Waals surface area (Å²) in [7, 11) is 1.34. The first-order valence-corrected chi connectivity index (χ1v) is 13.1. The van der Waals surface area contributed by atoms with Crippen molar-refractivity contribution in [2.45, 2.75) is 44.6 Å². The number of likely N-dealkylation sites (tertiary alicyclic amines) is 1. The lowest BCUT2D eigenvalue weighted by atomic mass is 9.85. The number of aromatic nitrogens is 2. The highest BCUT2D eigenvalue weighted by molar-refractivity contribution is 6.12. The average Bonchev–Trinajstić information content (AvgIpc) is 3.37. The van der Waals surface area contributed by atoms with Gasteiger partial charge in [0.1, 0.15) is 17.0 Å². The molecule has 0 unspecified atom stereocenters. The molecule has 39 heavy (non-hydrogen) atoms. The van der Waals surface area contributed by atoms with E-state index in [4.69, 9.17) is 9.47 Å². The van der Waals surface area contributed by atoms with Crippen molar-refractivity contribution in [2.24, 2.45) is 5.92 Å². The number of H-pyrrole nitrogens is 2. The third kappa shape index (κ3) is 3.26. The summed E-state index contributed by atoms with van der Waals surface area (Å²) < 4.78 is 10.4. The maximum atomic E-state index is 13.8. The maximum absolute atomic E-state index is 13.8.